The van der Waals surface area contributed by atoms with Crippen molar-refractivity contribution in [3.8, 4) is 0 Å². The van der Waals surface area contributed by atoms with E-state index in [0.717, 1.165) is 39.7 Å². The zero-order chi connectivity index (χ0) is 11.5. The van der Waals surface area contributed by atoms with Gasteiger partial charge in [0.15, 0.2) is 0 Å². The second-order valence-corrected chi connectivity index (χ2v) is 5.61. The minimum atomic E-state index is -0.172. The van der Waals surface area contributed by atoms with E-state index in [-0.39, 0.29) is 6.04 Å². The number of ether oxygens (including phenoxy) is 1. The fraction of sp³-hybridized carbons (Fsp3) is 0.333. The van der Waals surface area contributed by atoms with Gasteiger partial charge in [-0.05, 0) is 42.7 Å². The lowest BCUT2D eigenvalue weighted by Gasteiger charge is -2.21. The largest absolute Gasteiger partial charge is 0.496 e. The highest BCUT2D eigenvalue weighted by Crippen LogP contribution is 2.28. The van der Waals surface area contributed by atoms with Crippen molar-refractivity contribution in [2.45, 2.75) is 18.9 Å². The highest BCUT2D eigenvalue weighted by atomic mass is 79.9. The van der Waals surface area contributed by atoms with E-state index in [4.69, 9.17) is 10.5 Å². The van der Waals surface area contributed by atoms with Crippen molar-refractivity contribution in [3.05, 3.63) is 44.5 Å². The summed E-state index contributed by atoms with van der Waals surface area (Å²) in [4.78, 5) is 0. The third-order valence-electron chi connectivity index (χ3n) is 2.51. The topological polar surface area (TPSA) is 35.2 Å². The highest BCUT2D eigenvalue weighted by molar-refractivity contribution is 9.11. The Morgan fingerprint density at radius 3 is 2.44 bits per heavy atom. The molecule has 1 aliphatic heterocycles. The minimum Gasteiger partial charge on any atom is -0.496 e. The molecule has 2 rings (SSSR count). The van der Waals surface area contributed by atoms with Gasteiger partial charge in [0.05, 0.1) is 12.6 Å². The van der Waals surface area contributed by atoms with Gasteiger partial charge in [0, 0.05) is 8.95 Å². The maximum Gasteiger partial charge on any atom is 0.113 e. The summed E-state index contributed by atoms with van der Waals surface area (Å²) in [6, 6.07) is 5.86. The zero-order valence-corrected chi connectivity index (χ0v) is 11.9. The van der Waals surface area contributed by atoms with Crippen LogP contribution < -0.4 is 5.73 Å². The standard InChI is InChI=1S/C12H13Br2NO/c13-9-5-8(6-10(14)7-9)12(15)11-3-1-2-4-16-11/h3,5-7,12H,1-2,4,15H2. The van der Waals surface area contributed by atoms with Crippen LogP contribution in [0, 0.1) is 0 Å². The van der Waals surface area contributed by atoms with Gasteiger partial charge >= 0.3 is 0 Å². The monoisotopic (exact) mass is 345 g/mol. The second kappa shape index (κ2) is 5.34. The van der Waals surface area contributed by atoms with Gasteiger partial charge in [-0.2, -0.15) is 0 Å². The Bertz CT molecular complexity index is 397. The molecule has 0 aliphatic carbocycles. The minimum absolute atomic E-state index is 0.172. The molecule has 1 atom stereocenters. The molecule has 1 unspecified atom stereocenters. The van der Waals surface area contributed by atoms with E-state index in [9.17, 15) is 0 Å². The van der Waals surface area contributed by atoms with Crippen LogP contribution in [0.5, 0.6) is 0 Å². The lowest BCUT2D eigenvalue weighted by molar-refractivity contribution is 0.176. The van der Waals surface area contributed by atoms with Crippen LogP contribution in [0.4, 0.5) is 0 Å². The van der Waals surface area contributed by atoms with Gasteiger partial charge in [-0.3, -0.25) is 0 Å². The number of nitrogens with two attached hydrogens (primary N) is 1. The predicted molar refractivity (Wildman–Crippen MR) is 72.0 cm³/mol. The third kappa shape index (κ3) is 2.87. The second-order valence-electron chi connectivity index (χ2n) is 3.78. The number of hydrogen-bond acceptors (Lipinski definition) is 2. The fourth-order valence-corrected chi connectivity index (χ4v) is 3.04. The first-order valence-corrected chi connectivity index (χ1v) is 6.80. The van der Waals surface area contributed by atoms with Crippen molar-refractivity contribution in [1.29, 1.82) is 0 Å². The smallest absolute Gasteiger partial charge is 0.113 e. The summed E-state index contributed by atoms with van der Waals surface area (Å²) in [5, 5.41) is 0. The zero-order valence-electron chi connectivity index (χ0n) is 8.75. The summed E-state index contributed by atoms with van der Waals surface area (Å²) >= 11 is 6.92. The van der Waals surface area contributed by atoms with E-state index < -0.39 is 0 Å². The van der Waals surface area contributed by atoms with Crippen molar-refractivity contribution < 1.29 is 4.74 Å². The summed E-state index contributed by atoms with van der Waals surface area (Å²) < 4.78 is 7.61. The van der Waals surface area contributed by atoms with E-state index in [0.29, 0.717) is 0 Å². The van der Waals surface area contributed by atoms with E-state index in [1.807, 2.05) is 18.2 Å². The summed E-state index contributed by atoms with van der Waals surface area (Å²) in [6.07, 6.45) is 4.22. The first kappa shape index (κ1) is 12.1. The number of allylic oxidation sites excluding steroid dienone is 1. The van der Waals surface area contributed by atoms with Crippen molar-refractivity contribution in [2.75, 3.05) is 6.61 Å². The summed E-state index contributed by atoms with van der Waals surface area (Å²) in [7, 11) is 0. The molecule has 4 heteroatoms. The third-order valence-corrected chi connectivity index (χ3v) is 3.43. The molecule has 0 fully saturated rings. The van der Waals surface area contributed by atoms with E-state index in [1.54, 1.807) is 0 Å². The van der Waals surface area contributed by atoms with Crippen LogP contribution in [-0.2, 0) is 4.74 Å². The van der Waals surface area contributed by atoms with Gasteiger partial charge in [-0.25, -0.2) is 0 Å². The molecule has 1 aromatic carbocycles. The van der Waals surface area contributed by atoms with Crippen LogP contribution in [0.3, 0.4) is 0 Å². The fourth-order valence-electron chi connectivity index (χ4n) is 1.71. The Balaban J connectivity index is 2.25. The normalized spacial score (nSPS) is 17.6. The first-order chi connectivity index (χ1) is 7.66. The Morgan fingerprint density at radius 1 is 1.19 bits per heavy atom. The molecule has 1 heterocycles. The Hall–Kier alpha value is -0.320. The maximum absolute atomic E-state index is 6.17. The Labute approximate surface area is 112 Å². The average molecular weight is 347 g/mol. The molecule has 0 spiro atoms. The van der Waals surface area contributed by atoms with Gasteiger partial charge in [0.25, 0.3) is 0 Å². The molecule has 0 aromatic heterocycles. The van der Waals surface area contributed by atoms with Crippen molar-refractivity contribution in [2.24, 2.45) is 5.73 Å². The van der Waals surface area contributed by atoms with Crippen LogP contribution in [-0.4, -0.2) is 6.61 Å². The number of benzene rings is 1. The summed E-state index contributed by atoms with van der Waals surface area (Å²) in [5.74, 6) is 0.885. The molecule has 0 radical (unpaired) electrons. The highest BCUT2D eigenvalue weighted by Gasteiger charge is 2.16. The molecule has 86 valence electrons. The lowest BCUT2D eigenvalue weighted by atomic mass is 10.0. The Kier molecular flexibility index (Phi) is 4.05. The molecular weight excluding hydrogens is 334 g/mol. The molecule has 0 bridgehead atoms. The van der Waals surface area contributed by atoms with E-state index in [1.165, 1.54) is 0 Å². The van der Waals surface area contributed by atoms with Crippen LogP contribution in [0.25, 0.3) is 0 Å². The number of halogens is 2. The van der Waals surface area contributed by atoms with Crippen LogP contribution in [0.15, 0.2) is 39.0 Å². The van der Waals surface area contributed by atoms with Gasteiger partial charge in [0.1, 0.15) is 5.76 Å². The molecule has 0 saturated carbocycles. The number of rotatable bonds is 2. The average Bonchev–Trinajstić information content (AvgIpc) is 2.28. The van der Waals surface area contributed by atoms with Gasteiger partial charge in [-0.1, -0.05) is 31.9 Å². The van der Waals surface area contributed by atoms with Crippen LogP contribution >= 0.6 is 31.9 Å². The maximum atomic E-state index is 6.17. The van der Waals surface area contributed by atoms with Gasteiger partial charge < -0.3 is 10.5 Å². The van der Waals surface area contributed by atoms with Crippen molar-refractivity contribution >= 4 is 31.9 Å². The van der Waals surface area contributed by atoms with E-state index in [2.05, 4.69) is 37.9 Å². The predicted octanol–water partition coefficient (Wildman–Crippen LogP) is 3.91. The summed E-state index contributed by atoms with van der Waals surface area (Å²) in [6.45, 7) is 0.773. The quantitative estimate of drug-likeness (QED) is 0.881. The molecule has 1 aliphatic rings. The van der Waals surface area contributed by atoms with Crippen molar-refractivity contribution in [3.63, 3.8) is 0 Å². The van der Waals surface area contributed by atoms with Crippen LogP contribution in [0.1, 0.15) is 24.4 Å². The molecule has 16 heavy (non-hydrogen) atoms. The molecule has 0 saturated heterocycles. The lowest BCUT2D eigenvalue weighted by Crippen LogP contribution is -2.17. The number of hydrogen-bond donors (Lipinski definition) is 1. The van der Waals surface area contributed by atoms with E-state index >= 15 is 0 Å². The first-order valence-electron chi connectivity index (χ1n) is 5.21. The SMILES string of the molecule is NC(C1=CCCCO1)c1cc(Br)cc(Br)c1. The molecule has 2 N–H and O–H groups in total. The molecular formula is C12H13Br2NO. The van der Waals surface area contributed by atoms with Crippen molar-refractivity contribution in [1.82, 2.24) is 0 Å². The summed E-state index contributed by atoms with van der Waals surface area (Å²) in [5.41, 5.74) is 7.22. The molecule has 2 nitrogen and oxygen atoms in total. The molecule has 1 aromatic rings. The van der Waals surface area contributed by atoms with Crippen LogP contribution in [0.2, 0.25) is 0 Å². The van der Waals surface area contributed by atoms with Gasteiger partial charge in [-0.15, -0.1) is 0 Å². The molecule has 0 amide bonds. The van der Waals surface area contributed by atoms with Gasteiger partial charge in [0.2, 0.25) is 0 Å². The Morgan fingerprint density at radius 2 is 1.88 bits per heavy atom.